The van der Waals surface area contributed by atoms with Crippen LogP contribution in [0.3, 0.4) is 0 Å². The highest BCUT2D eigenvalue weighted by Gasteiger charge is 2.23. The topological polar surface area (TPSA) is 81.1 Å². The molecule has 17 heavy (non-hydrogen) atoms. The zero-order chi connectivity index (χ0) is 12.4. The lowest BCUT2D eigenvalue weighted by molar-refractivity contribution is 0.100. The average Bonchev–Trinajstić information content (AvgIpc) is 2.67. The van der Waals surface area contributed by atoms with Gasteiger partial charge in [0.1, 0.15) is 0 Å². The van der Waals surface area contributed by atoms with Gasteiger partial charge in [-0.15, -0.1) is 0 Å². The van der Waals surface area contributed by atoms with Crippen LogP contribution in [0.1, 0.15) is 36.5 Å². The molecule has 4 heteroatoms. The Kier molecular flexibility index (Phi) is 3.22. The van der Waals surface area contributed by atoms with Crippen LogP contribution in [0.15, 0.2) is 18.2 Å². The van der Waals surface area contributed by atoms with Crippen molar-refractivity contribution in [2.45, 2.75) is 32.2 Å². The van der Waals surface area contributed by atoms with Crippen LogP contribution in [0.5, 0.6) is 0 Å². The third kappa shape index (κ3) is 2.52. The van der Waals surface area contributed by atoms with Gasteiger partial charge in [0, 0.05) is 17.4 Å². The summed E-state index contributed by atoms with van der Waals surface area (Å²) in [4.78, 5) is 11.2. The van der Waals surface area contributed by atoms with Crippen molar-refractivity contribution in [1.29, 1.82) is 0 Å². The molecule has 0 saturated heterocycles. The van der Waals surface area contributed by atoms with Crippen molar-refractivity contribution in [3.63, 3.8) is 0 Å². The normalized spacial score (nSPS) is 23.6. The minimum Gasteiger partial charge on any atom is -0.398 e. The molecule has 1 amide bonds. The van der Waals surface area contributed by atoms with Crippen molar-refractivity contribution in [3.8, 4) is 0 Å². The number of nitrogen functional groups attached to an aromatic ring is 1. The van der Waals surface area contributed by atoms with E-state index < -0.39 is 5.91 Å². The first-order valence-electron chi connectivity index (χ1n) is 6.04. The number of rotatable bonds is 3. The van der Waals surface area contributed by atoms with Crippen LogP contribution in [-0.2, 0) is 0 Å². The highest BCUT2D eigenvalue weighted by Crippen LogP contribution is 2.28. The number of anilines is 2. The van der Waals surface area contributed by atoms with Gasteiger partial charge < -0.3 is 16.8 Å². The van der Waals surface area contributed by atoms with E-state index in [-0.39, 0.29) is 0 Å². The van der Waals surface area contributed by atoms with E-state index in [4.69, 9.17) is 11.5 Å². The molecular weight excluding hydrogens is 214 g/mol. The van der Waals surface area contributed by atoms with Crippen LogP contribution in [0.4, 0.5) is 11.4 Å². The molecule has 1 aromatic rings. The largest absolute Gasteiger partial charge is 0.398 e. The molecule has 0 aliphatic heterocycles. The van der Waals surface area contributed by atoms with E-state index in [1.54, 1.807) is 12.1 Å². The summed E-state index contributed by atoms with van der Waals surface area (Å²) in [5.41, 5.74) is 12.7. The Hall–Kier alpha value is -1.71. The summed E-state index contributed by atoms with van der Waals surface area (Å²) < 4.78 is 0. The molecule has 0 heterocycles. The van der Waals surface area contributed by atoms with Crippen molar-refractivity contribution in [1.82, 2.24) is 0 Å². The smallest absolute Gasteiger partial charge is 0.250 e. The number of benzene rings is 1. The Labute approximate surface area is 101 Å². The Morgan fingerprint density at radius 1 is 1.41 bits per heavy atom. The van der Waals surface area contributed by atoms with Crippen LogP contribution in [-0.4, -0.2) is 11.9 Å². The number of carbonyl (C=O) groups is 1. The summed E-state index contributed by atoms with van der Waals surface area (Å²) in [6.07, 6.45) is 3.70. The van der Waals surface area contributed by atoms with E-state index in [9.17, 15) is 4.79 Å². The quantitative estimate of drug-likeness (QED) is 0.698. The van der Waals surface area contributed by atoms with E-state index in [0.29, 0.717) is 23.2 Å². The maximum absolute atomic E-state index is 11.2. The van der Waals surface area contributed by atoms with Gasteiger partial charge in [0.25, 0.3) is 5.91 Å². The van der Waals surface area contributed by atoms with E-state index in [0.717, 1.165) is 5.69 Å². The number of hydrogen-bond acceptors (Lipinski definition) is 3. The predicted octanol–water partition coefficient (Wildman–Crippen LogP) is 1.97. The standard InChI is InChI=1S/C13H19N3O/c1-8-3-2-4-12(8)16-9-5-6-11(14)10(7-9)13(15)17/h5-8,12,16H,2-4,14H2,1H3,(H2,15,17). The molecule has 1 aromatic carbocycles. The van der Waals surface area contributed by atoms with Crippen LogP contribution >= 0.6 is 0 Å². The molecule has 4 nitrogen and oxygen atoms in total. The number of nitrogens with two attached hydrogens (primary N) is 2. The van der Waals surface area contributed by atoms with Gasteiger partial charge in [-0.05, 0) is 37.0 Å². The molecule has 0 bridgehead atoms. The summed E-state index contributed by atoms with van der Waals surface area (Å²) in [5.74, 6) is 0.190. The van der Waals surface area contributed by atoms with Gasteiger partial charge in [0.15, 0.2) is 0 Å². The molecule has 0 spiro atoms. The molecule has 5 N–H and O–H groups in total. The fourth-order valence-electron chi connectivity index (χ4n) is 2.43. The number of nitrogens with one attached hydrogen (secondary N) is 1. The van der Waals surface area contributed by atoms with E-state index in [1.165, 1.54) is 19.3 Å². The second-order valence-electron chi connectivity index (χ2n) is 4.83. The molecule has 2 atom stereocenters. The highest BCUT2D eigenvalue weighted by atomic mass is 16.1. The molecule has 2 unspecified atom stereocenters. The van der Waals surface area contributed by atoms with Gasteiger partial charge in [-0.25, -0.2) is 0 Å². The Balaban J connectivity index is 2.16. The van der Waals surface area contributed by atoms with Crippen molar-refractivity contribution in [2.24, 2.45) is 11.7 Å². The molecular formula is C13H19N3O. The lowest BCUT2D eigenvalue weighted by atomic mass is 10.1. The Bertz CT molecular complexity index is 431. The third-order valence-corrected chi connectivity index (χ3v) is 3.53. The van der Waals surface area contributed by atoms with Crippen molar-refractivity contribution in [2.75, 3.05) is 11.1 Å². The van der Waals surface area contributed by atoms with E-state index >= 15 is 0 Å². The molecule has 2 rings (SSSR count). The first-order valence-corrected chi connectivity index (χ1v) is 6.04. The summed E-state index contributed by atoms with van der Waals surface area (Å²) in [6, 6.07) is 5.84. The lowest BCUT2D eigenvalue weighted by Crippen LogP contribution is -2.22. The first kappa shape index (κ1) is 11.8. The van der Waals surface area contributed by atoms with Crippen LogP contribution in [0, 0.1) is 5.92 Å². The van der Waals surface area contributed by atoms with Gasteiger partial charge in [0.2, 0.25) is 0 Å². The zero-order valence-electron chi connectivity index (χ0n) is 10.1. The maximum atomic E-state index is 11.2. The van der Waals surface area contributed by atoms with Gasteiger partial charge in [-0.3, -0.25) is 4.79 Å². The highest BCUT2D eigenvalue weighted by molar-refractivity contribution is 5.98. The molecule has 0 radical (unpaired) electrons. The second kappa shape index (κ2) is 4.65. The van der Waals surface area contributed by atoms with Gasteiger partial charge >= 0.3 is 0 Å². The number of carbonyl (C=O) groups excluding carboxylic acids is 1. The summed E-state index contributed by atoms with van der Waals surface area (Å²) >= 11 is 0. The fourth-order valence-corrected chi connectivity index (χ4v) is 2.43. The minimum absolute atomic E-state index is 0.389. The first-order chi connectivity index (χ1) is 8.08. The zero-order valence-corrected chi connectivity index (χ0v) is 10.1. The van der Waals surface area contributed by atoms with Crippen molar-refractivity contribution in [3.05, 3.63) is 23.8 Å². The number of hydrogen-bond donors (Lipinski definition) is 3. The maximum Gasteiger partial charge on any atom is 0.250 e. The van der Waals surface area contributed by atoms with Crippen LogP contribution in [0.25, 0.3) is 0 Å². The van der Waals surface area contributed by atoms with E-state index in [2.05, 4.69) is 12.2 Å². The Morgan fingerprint density at radius 3 is 2.76 bits per heavy atom. The number of amides is 1. The van der Waals surface area contributed by atoms with Crippen molar-refractivity contribution < 1.29 is 4.79 Å². The minimum atomic E-state index is -0.481. The average molecular weight is 233 g/mol. The SMILES string of the molecule is CC1CCCC1Nc1ccc(N)c(C(N)=O)c1. The van der Waals surface area contributed by atoms with Crippen LogP contribution < -0.4 is 16.8 Å². The summed E-state index contributed by atoms with van der Waals surface area (Å²) in [6.45, 7) is 2.25. The molecule has 1 saturated carbocycles. The van der Waals surface area contributed by atoms with E-state index in [1.807, 2.05) is 6.07 Å². The van der Waals surface area contributed by atoms with Crippen LogP contribution in [0.2, 0.25) is 0 Å². The Morgan fingerprint density at radius 2 is 2.18 bits per heavy atom. The molecule has 1 aliphatic carbocycles. The number of primary amides is 1. The summed E-state index contributed by atoms with van der Waals surface area (Å²) in [7, 11) is 0. The van der Waals surface area contributed by atoms with Gasteiger partial charge in [0.05, 0.1) is 5.56 Å². The van der Waals surface area contributed by atoms with Crippen molar-refractivity contribution >= 4 is 17.3 Å². The molecule has 0 aromatic heterocycles. The third-order valence-electron chi connectivity index (χ3n) is 3.53. The van der Waals surface area contributed by atoms with Gasteiger partial charge in [-0.1, -0.05) is 13.3 Å². The molecule has 92 valence electrons. The summed E-state index contributed by atoms with van der Waals surface area (Å²) in [5, 5.41) is 3.45. The molecule has 1 fully saturated rings. The van der Waals surface area contributed by atoms with Gasteiger partial charge in [-0.2, -0.15) is 0 Å². The lowest BCUT2D eigenvalue weighted by Gasteiger charge is -2.19. The molecule has 1 aliphatic rings. The predicted molar refractivity (Wildman–Crippen MR) is 69.8 cm³/mol. The monoisotopic (exact) mass is 233 g/mol. The second-order valence-corrected chi connectivity index (χ2v) is 4.83. The fraction of sp³-hybridized carbons (Fsp3) is 0.462.